The van der Waals surface area contributed by atoms with E-state index in [1.165, 1.54) is 4.90 Å². The molecule has 2 heterocycles. The summed E-state index contributed by atoms with van der Waals surface area (Å²) >= 11 is 0. The zero-order valence-electron chi connectivity index (χ0n) is 25.9. The highest BCUT2D eigenvalue weighted by atomic mass is 16.2. The highest BCUT2D eigenvalue weighted by molar-refractivity contribution is 5.96. The van der Waals surface area contributed by atoms with Crippen LogP contribution in [0.2, 0.25) is 0 Å². The molecule has 0 radical (unpaired) electrons. The normalized spacial score (nSPS) is 16.5. The molecule has 1 fully saturated rings. The number of carbonyl (C=O) groups excluding carboxylic acids is 5. The minimum absolute atomic E-state index is 0.0247. The molecular weight excluding hydrogens is 580 g/mol. The molecule has 0 aliphatic carbocycles. The summed E-state index contributed by atoms with van der Waals surface area (Å²) in [5.74, 6) is -2.93. The van der Waals surface area contributed by atoms with Gasteiger partial charge in [-0.15, -0.1) is 0 Å². The van der Waals surface area contributed by atoms with Gasteiger partial charge in [0.2, 0.25) is 29.5 Å². The Balaban J connectivity index is 1.73. The van der Waals surface area contributed by atoms with Crippen molar-refractivity contribution in [2.45, 2.75) is 76.5 Å². The number of nitrogens with zero attached hydrogens (tertiary/aromatic N) is 1. The molecule has 1 aliphatic heterocycles. The smallest absolute Gasteiger partial charge is 0.245 e. The van der Waals surface area contributed by atoms with Crippen molar-refractivity contribution in [3.05, 3.63) is 36.0 Å². The number of amides is 5. The summed E-state index contributed by atoms with van der Waals surface area (Å²) in [4.78, 5) is 69.1. The predicted octanol–water partition coefficient (Wildman–Crippen LogP) is -1.09. The fourth-order valence-electron chi connectivity index (χ4n) is 5.47. The van der Waals surface area contributed by atoms with Crippen molar-refractivity contribution >= 4 is 46.4 Å². The largest absolute Gasteiger partial charge is 0.370 e. The van der Waals surface area contributed by atoms with E-state index in [1.54, 1.807) is 0 Å². The molecule has 2 aromatic rings. The average Bonchev–Trinajstić information content (AvgIpc) is 3.64. The fourth-order valence-corrected chi connectivity index (χ4v) is 5.47. The van der Waals surface area contributed by atoms with Crippen LogP contribution in [0.25, 0.3) is 10.9 Å². The van der Waals surface area contributed by atoms with Crippen molar-refractivity contribution < 1.29 is 24.0 Å². The summed E-state index contributed by atoms with van der Waals surface area (Å²) < 4.78 is 0. The van der Waals surface area contributed by atoms with Gasteiger partial charge in [0.05, 0.1) is 12.6 Å². The van der Waals surface area contributed by atoms with E-state index in [1.807, 2.05) is 44.3 Å². The summed E-state index contributed by atoms with van der Waals surface area (Å²) in [5.41, 5.74) is 18.6. The first-order chi connectivity index (χ1) is 21.4. The number of nitrogens with two attached hydrogens (primary N) is 3. The second-order valence-electron chi connectivity index (χ2n) is 11.8. The van der Waals surface area contributed by atoms with Crippen molar-refractivity contribution in [2.75, 3.05) is 19.6 Å². The van der Waals surface area contributed by atoms with Crippen molar-refractivity contribution in [3.8, 4) is 0 Å². The topological polar surface area (TPSA) is 254 Å². The number of benzene rings is 1. The molecule has 1 aromatic carbocycles. The zero-order chi connectivity index (χ0) is 33.1. The summed E-state index contributed by atoms with van der Waals surface area (Å²) in [6, 6.07) is 3.94. The number of hydrogen-bond acceptors (Lipinski definition) is 7. The Bertz CT molecular complexity index is 1380. The Hall–Kier alpha value is -4.66. The summed E-state index contributed by atoms with van der Waals surface area (Å²) in [6.07, 6.45) is 3.87. The third-order valence-electron chi connectivity index (χ3n) is 7.67. The molecule has 45 heavy (non-hydrogen) atoms. The number of rotatable bonds is 16. The van der Waals surface area contributed by atoms with Gasteiger partial charge >= 0.3 is 0 Å². The first kappa shape index (κ1) is 34.8. The van der Waals surface area contributed by atoms with Crippen LogP contribution in [0.1, 0.15) is 51.5 Å². The minimum atomic E-state index is -1.03. The van der Waals surface area contributed by atoms with Crippen LogP contribution in [-0.2, 0) is 30.4 Å². The van der Waals surface area contributed by atoms with E-state index in [0.29, 0.717) is 32.2 Å². The van der Waals surface area contributed by atoms with Gasteiger partial charge in [-0.3, -0.25) is 29.4 Å². The molecule has 1 saturated heterocycles. The number of H-pyrrole nitrogens is 1. The number of carbonyl (C=O) groups is 5. The van der Waals surface area contributed by atoms with E-state index in [-0.39, 0.29) is 37.8 Å². The lowest BCUT2D eigenvalue weighted by Crippen LogP contribution is -2.58. The maximum absolute atomic E-state index is 13.8. The van der Waals surface area contributed by atoms with Crippen molar-refractivity contribution in [2.24, 2.45) is 23.1 Å². The van der Waals surface area contributed by atoms with E-state index in [0.717, 1.165) is 16.5 Å². The molecule has 3 rings (SSSR count). The van der Waals surface area contributed by atoms with Gasteiger partial charge in [0, 0.05) is 30.2 Å². The average molecular weight is 627 g/mol. The van der Waals surface area contributed by atoms with Gasteiger partial charge in [0.25, 0.3) is 0 Å². The molecule has 15 nitrogen and oxygen atoms in total. The Morgan fingerprint density at radius 1 is 1.04 bits per heavy atom. The van der Waals surface area contributed by atoms with Crippen molar-refractivity contribution in [1.29, 1.82) is 5.41 Å². The van der Waals surface area contributed by atoms with Gasteiger partial charge in [-0.1, -0.05) is 32.0 Å². The number of guanidine groups is 1. The SMILES string of the molecule is CC(C)C[C@H](NC(=O)[C@H](N)Cc1c[nH]c2ccccc12)C(=O)N[C@@H](CCCNC(=N)N)C(=O)N1CCC[C@H]1C(=O)NCC(N)=O. The summed E-state index contributed by atoms with van der Waals surface area (Å²) in [7, 11) is 0. The Morgan fingerprint density at radius 3 is 2.44 bits per heavy atom. The third-order valence-corrected chi connectivity index (χ3v) is 7.67. The lowest BCUT2D eigenvalue weighted by molar-refractivity contribution is -0.142. The highest BCUT2D eigenvalue weighted by Crippen LogP contribution is 2.21. The molecule has 0 bridgehead atoms. The highest BCUT2D eigenvalue weighted by Gasteiger charge is 2.38. The number of aromatic nitrogens is 1. The number of fused-ring (bicyclic) bond motifs is 1. The van der Waals surface area contributed by atoms with Crippen LogP contribution in [0.5, 0.6) is 0 Å². The van der Waals surface area contributed by atoms with Gasteiger partial charge in [-0.05, 0) is 56.1 Å². The fraction of sp³-hybridized carbons (Fsp3) is 0.533. The van der Waals surface area contributed by atoms with E-state index < -0.39 is 53.7 Å². The first-order valence-electron chi connectivity index (χ1n) is 15.2. The number of likely N-dealkylation sites (tertiary alicyclic amines) is 1. The van der Waals surface area contributed by atoms with Crippen LogP contribution in [0.4, 0.5) is 0 Å². The van der Waals surface area contributed by atoms with E-state index in [4.69, 9.17) is 22.6 Å². The zero-order valence-corrected chi connectivity index (χ0v) is 25.9. The molecule has 12 N–H and O–H groups in total. The Labute approximate surface area is 262 Å². The predicted molar refractivity (Wildman–Crippen MR) is 169 cm³/mol. The summed E-state index contributed by atoms with van der Waals surface area (Å²) in [5, 5.41) is 19.0. The molecule has 0 spiro atoms. The quantitative estimate of drug-likeness (QED) is 0.0627. The van der Waals surface area contributed by atoms with Gasteiger partial charge in [-0.2, -0.15) is 0 Å². The lowest BCUT2D eigenvalue weighted by Gasteiger charge is -2.30. The molecule has 1 aliphatic rings. The maximum Gasteiger partial charge on any atom is 0.245 e. The number of para-hydroxylation sites is 1. The van der Waals surface area contributed by atoms with Gasteiger partial charge in [0.15, 0.2) is 5.96 Å². The second kappa shape index (κ2) is 16.4. The number of hydrogen-bond donors (Lipinski definition) is 9. The molecule has 0 unspecified atom stereocenters. The molecular formula is C30H46N10O5. The third kappa shape index (κ3) is 10.2. The van der Waals surface area contributed by atoms with Crippen LogP contribution in [0, 0.1) is 11.3 Å². The molecule has 15 heteroatoms. The summed E-state index contributed by atoms with van der Waals surface area (Å²) in [6.45, 7) is 4.04. The Kier molecular flexibility index (Phi) is 12.7. The van der Waals surface area contributed by atoms with Gasteiger partial charge < -0.3 is 48.4 Å². The van der Waals surface area contributed by atoms with Gasteiger partial charge in [0.1, 0.15) is 18.1 Å². The second-order valence-corrected chi connectivity index (χ2v) is 11.8. The van der Waals surface area contributed by atoms with Crippen LogP contribution in [0.15, 0.2) is 30.5 Å². The molecule has 1 aromatic heterocycles. The van der Waals surface area contributed by atoms with E-state index in [9.17, 15) is 24.0 Å². The molecule has 4 atom stereocenters. The van der Waals surface area contributed by atoms with Crippen LogP contribution in [0.3, 0.4) is 0 Å². The van der Waals surface area contributed by atoms with E-state index >= 15 is 0 Å². The molecule has 246 valence electrons. The Morgan fingerprint density at radius 2 is 1.76 bits per heavy atom. The van der Waals surface area contributed by atoms with Crippen LogP contribution >= 0.6 is 0 Å². The lowest BCUT2D eigenvalue weighted by atomic mass is 10.00. The molecule has 0 saturated carbocycles. The first-order valence-corrected chi connectivity index (χ1v) is 15.2. The monoisotopic (exact) mass is 626 g/mol. The minimum Gasteiger partial charge on any atom is -0.370 e. The van der Waals surface area contributed by atoms with Crippen molar-refractivity contribution in [1.82, 2.24) is 31.2 Å². The number of aromatic amines is 1. The van der Waals surface area contributed by atoms with Crippen molar-refractivity contribution in [3.63, 3.8) is 0 Å². The van der Waals surface area contributed by atoms with E-state index in [2.05, 4.69) is 26.3 Å². The number of primary amides is 1. The maximum atomic E-state index is 13.8. The standard InChI is InChI=1S/C30H46N10O5/c1-17(2)13-23(39-26(42)20(31)14-18-15-36-21-8-4-3-7-19(18)21)27(43)38-22(9-5-11-35-30(33)34)29(45)40-12-6-10-24(40)28(44)37-16-25(32)41/h3-4,7-8,15,17,20,22-24,36H,5-6,9-14,16,31H2,1-2H3,(H2,32,41)(H,37,44)(H,38,43)(H,39,42)(H4,33,34,35)/t20-,22+,23+,24+/m1/s1. The van der Waals surface area contributed by atoms with Crippen LogP contribution in [-0.4, -0.2) is 89.2 Å². The van der Waals surface area contributed by atoms with Gasteiger partial charge in [-0.25, -0.2) is 0 Å². The number of nitrogens with one attached hydrogen (secondary N) is 6. The van der Waals surface area contributed by atoms with Crippen LogP contribution < -0.4 is 38.5 Å². The molecule has 5 amide bonds.